The van der Waals surface area contributed by atoms with Gasteiger partial charge in [-0.1, -0.05) is 13.8 Å². The molecule has 0 aromatic carbocycles. The maximum Gasteiger partial charge on any atom is 0.326 e. The molecule has 0 spiro atoms. The fourth-order valence-electron chi connectivity index (χ4n) is 2.25. The largest absolute Gasteiger partial charge is 0.480 e. The number of aliphatic carboxylic acids is 1. The highest BCUT2D eigenvalue weighted by Crippen LogP contribution is 2.10. The van der Waals surface area contributed by atoms with Crippen molar-refractivity contribution in [1.29, 1.82) is 0 Å². The van der Waals surface area contributed by atoms with Gasteiger partial charge >= 0.3 is 12.0 Å². The van der Waals surface area contributed by atoms with Crippen LogP contribution in [0, 0.1) is 5.92 Å². The number of likely N-dealkylation sites (N-methyl/N-ethyl adjacent to an activating group) is 1. The number of hydrogen-bond acceptors (Lipinski definition) is 4. The van der Waals surface area contributed by atoms with Gasteiger partial charge in [0.1, 0.15) is 12.6 Å². The molecule has 1 aliphatic rings. The second-order valence-corrected chi connectivity index (χ2v) is 5.88. The van der Waals surface area contributed by atoms with Gasteiger partial charge in [0.25, 0.3) is 0 Å². The minimum atomic E-state index is -1.06. The first-order valence-corrected chi connectivity index (χ1v) is 7.30. The molecule has 0 radical (unpaired) electrons. The molecule has 4 amide bonds. The molecule has 8 heteroatoms. The van der Waals surface area contributed by atoms with E-state index in [9.17, 15) is 19.2 Å². The smallest absolute Gasteiger partial charge is 0.326 e. The highest BCUT2D eigenvalue weighted by atomic mass is 16.4. The van der Waals surface area contributed by atoms with Gasteiger partial charge in [-0.2, -0.15) is 0 Å². The molecule has 0 aliphatic carbocycles. The Hall–Kier alpha value is -2.12. The Balaban J connectivity index is 2.38. The van der Waals surface area contributed by atoms with E-state index in [4.69, 9.17) is 5.11 Å². The zero-order valence-corrected chi connectivity index (χ0v) is 13.2. The van der Waals surface area contributed by atoms with Crippen LogP contribution in [0.3, 0.4) is 0 Å². The topological polar surface area (TPSA) is 107 Å². The molecule has 22 heavy (non-hydrogen) atoms. The predicted octanol–water partition coefficient (Wildman–Crippen LogP) is 0.276. The van der Waals surface area contributed by atoms with Gasteiger partial charge < -0.3 is 15.3 Å². The Kier molecular flexibility index (Phi) is 6.33. The molecule has 1 fully saturated rings. The number of urea groups is 1. The SMILES string of the molecule is CC(C)CC(NC(=O)CCCN1C(=O)CN(C)C1=O)C(=O)O. The molecule has 1 rings (SSSR count). The second kappa shape index (κ2) is 7.77. The average molecular weight is 313 g/mol. The van der Waals surface area contributed by atoms with Gasteiger partial charge in [0, 0.05) is 20.0 Å². The Morgan fingerprint density at radius 3 is 2.41 bits per heavy atom. The van der Waals surface area contributed by atoms with Gasteiger partial charge in [-0.15, -0.1) is 0 Å². The quantitative estimate of drug-likeness (QED) is 0.626. The van der Waals surface area contributed by atoms with E-state index in [1.807, 2.05) is 13.8 Å². The number of rotatable bonds is 8. The molecule has 1 saturated heterocycles. The van der Waals surface area contributed by atoms with E-state index >= 15 is 0 Å². The average Bonchev–Trinajstić information content (AvgIpc) is 2.63. The first-order chi connectivity index (χ1) is 10.2. The summed E-state index contributed by atoms with van der Waals surface area (Å²) >= 11 is 0. The molecule has 0 saturated carbocycles. The van der Waals surface area contributed by atoms with Crippen LogP contribution in [-0.2, 0) is 14.4 Å². The van der Waals surface area contributed by atoms with Crippen LogP contribution in [0.15, 0.2) is 0 Å². The van der Waals surface area contributed by atoms with Crippen LogP contribution in [0.4, 0.5) is 4.79 Å². The Morgan fingerprint density at radius 1 is 1.32 bits per heavy atom. The Bertz CT molecular complexity index is 463. The van der Waals surface area contributed by atoms with Crippen LogP contribution in [0.2, 0.25) is 0 Å². The van der Waals surface area contributed by atoms with Crippen LogP contribution in [0.5, 0.6) is 0 Å². The third-order valence-electron chi connectivity index (χ3n) is 3.36. The number of hydrogen-bond donors (Lipinski definition) is 2. The molecular formula is C14H23N3O5. The van der Waals surface area contributed by atoms with Crippen molar-refractivity contribution in [2.24, 2.45) is 5.92 Å². The molecule has 0 aromatic rings. The van der Waals surface area contributed by atoms with E-state index in [1.54, 1.807) is 0 Å². The number of nitrogens with one attached hydrogen (secondary N) is 1. The van der Waals surface area contributed by atoms with Crippen LogP contribution in [0.25, 0.3) is 0 Å². The summed E-state index contributed by atoms with van der Waals surface area (Å²) in [6.45, 7) is 3.98. The summed E-state index contributed by atoms with van der Waals surface area (Å²) in [5.41, 5.74) is 0. The minimum absolute atomic E-state index is 0.0561. The zero-order chi connectivity index (χ0) is 16.9. The van der Waals surface area contributed by atoms with Gasteiger partial charge in [0.2, 0.25) is 11.8 Å². The standard InChI is InChI=1S/C14H23N3O5/c1-9(2)7-10(13(20)21)15-11(18)5-4-6-17-12(19)8-16(3)14(17)22/h9-10H,4-8H2,1-3H3,(H,15,18)(H,20,21). The zero-order valence-electron chi connectivity index (χ0n) is 13.2. The summed E-state index contributed by atoms with van der Waals surface area (Å²) in [7, 11) is 1.54. The van der Waals surface area contributed by atoms with Crippen LogP contribution >= 0.6 is 0 Å². The maximum absolute atomic E-state index is 11.8. The van der Waals surface area contributed by atoms with E-state index in [2.05, 4.69) is 5.32 Å². The summed E-state index contributed by atoms with van der Waals surface area (Å²) in [5.74, 6) is -1.58. The van der Waals surface area contributed by atoms with Gasteiger partial charge in [0.15, 0.2) is 0 Å². The molecule has 1 heterocycles. The fourth-order valence-corrected chi connectivity index (χ4v) is 2.25. The molecule has 1 unspecified atom stereocenters. The molecule has 2 N–H and O–H groups in total. The summed E-state index contributed by atoms with van der Waals surface area (Å²) in [6.07, 6.45) is 0.739. The third-order valence-corrected chi connectivity index (χ3v) is 3.36. The number of carbonyl (C=O) groups is 4. The summed E-state index contributed by atoms with van der Waals surface area (Å²) in [5, 5.41) is 11.5. The van der Waals surface area contributed by atoms with Gasteiger partial charge in [-0.05, 0) is 18.8 Å². The molecule has 0 bridgehead atoms. The summed E-state index contributed by atoms with van der Waals surface area (Å²) in [4.78, 5) is 48.4. The maximum atomic E-state index is 11.8. The van der Waals surface area contributed by atoms with Crippen molar-refractivity contribution >= 4 is 23.8 Å². The number of carbonyl (C=O) groups excluding carboxylic acids is 3. The van der Waals surface area contributed by atoms with Crippen LogP contribution in [-0.4, -0.2) is 64.9 Å². The number of imide groups is 1. The lowest BCUT2D eigenvalue weighted by Gasteiger charge is -2.17. The van der Waals surface area contributed by atoms with Crippen molar-refractivity contribution in [3.05, 3.63) is 0 Å². The van der Waals surface area contributed by atoms with Crippen molar-refractivity contribution in [3.63, 3.8) is 0 Å². The fraction of sp³-hybridized carbons (Fsp3) is 0.714. The lowest BCUT2D eigenvalue weighted by Crippen LogP contribution is -2.42. The summed E-state index contributed by atoms with van der Waals surface area (Å²) < 4.78 is 0. The Labute approximate surface area is 129 Å². The number of carboxylic acid groups (broad SMARTS) is 1. The van der Waals surface area contributed by atoms with Crippen molar-refractivity contribution in [3.8, 4) is 0 Å². The second-order valence-electron chi connectivity index (χ2n) is 5.88. The summed E-state index contributed by atoms with van der Waals surface area (Å²) in [6, 6.07) is -1.28. The molecule has 1 atom stereocenters. The van der Waals surface area contributed by atoms with Crippen LogP contribution in [0.1, 0.15) is 33.1 Å². The molecule has 124 valence electrons. The number of nitrogens with zero attached hydrogens (tertiary/aromatic N) is 2. The van der Waals surface area contributed by atoms with E-state index < -0.39 is 12.0 Å². The first-order valence-electron chi connectivity index (χ1n) is 7.30. The third kappa shape index (κ3) is 5.01. The number of amides is 4. The minimum Gasteiger partial charge on any atom is -0.480 e. The normalized spacial score (nSPS) is 16.4. The van der Waals surface area contributed by atoms with Crippen LogP contribution < -0.4 is 5.32 Å². The number of carboxylic acids is 1. The first kappa shape index (κ1) is 17.9. The van der Waals surface area contributed by atoms with E-state index in [0.29, 0.717) is 12.8 Å². The monoisotopic (exact) mass is 313 g/mol. The highest BCUT2D eigenvalue weighted by Gasteiger charge is 2.33. The van der Waals surface area contributed by atoms with Gasteiger partial charge in [-0.3, -0.25) is 14.5 Å². The highest BCUT2D eigenvalue weighted by molar-refractivity contribution is 6.01. The molecular weight excluding hydrogens is 290 g/mol. The van der Waals surface area contributed by atoms with Crippen molar-refractivity contribution in [1.82, 2.24) is 15.1 Å². The van der Waals surface area contributed by atoms with Crippen molar-refractivity contribution in [2.75, 3.05) is 20.1 Å². The lowest BCUT2D eigenvalue weighted by atomic mass is 10.0. The predicted molar refractivity (Wildman–Crippen MR) is 78.0 cm³/mol. The van der Waals surface area contributed by atoms with Gasteiger partial charge in [0.05, 0.1) is 0 Å². The van der Waals surface area contributed by atoms with E-state index in [0.717, 1.165) is 4.90 Å². The lowest BCUT2D eigenvalue weighted by molar-refractivity contribution is -0.142. The molecule has 0 aromatic heterocycles. The van der Waals surface area contributed by atoms with Gasteiger partial charge in [-0.25, -0.2) is 9.59 Å². The van der Waals surface area contributed by atoms with E-state index in [-0.39, 0.29) is 43.3 Å². The molecule has 8 nitrogen and oxygen atoms in total. The Morgan fingerprint density at radius 2 is 1.95 bits per heavy atom. The molecule has 1 aliphatic heterocycles. The van der Waals surface area contributed by atoms with Crippen molar-refractivity contribution < 1.29 is 24.3 Å². The van der Waals surface area contributed by atoms with E-state index in [1.165, 1.54) is 11.9 Å². The van der Waals surface area contributed by atoms with Crippen molar-refractivity contribution in [2.45, 2.75) is 39.2 Å².